The number of guanidine groups is 1. The second-order valence-electron chi connectivity index (χ2n) is 7.17. The number of hydrogen-bond donors (Lipinski definition) is 5. The zero-order chi connectivity index (χ0) is 29.3. The Balaban J connectivity index is 0.000000905. The van der Waals surface area contributed by atoms with E-state index in [9.17, 15) is 31.2 Å². The van der Waals surface area contributed by atoms with Crippen molar-refractivity contribution < 1.29 is 41.1 Å². The Labute approximate surface area is 213 Å². The zero-order valence-electron chi connectivity index (χ0n) is 19.5. The van der Waals surface area contributed by atoms with Crippen LogP contribution in [0.5, 0.6) is 0 Å². The zero-order valence-corrected chi connectivity index (χ0v) is 20.3. The number of carbonyl (C=O) groups excluding carboxylic acids is 1. The van der Waals surface area contributed by atoms with Gasteiger partial charge in [0.05, 0.1) is 16.5 Å². The quantitative estimate of drug-likeness (QED) is 0.119. The fourth-order valence-corrected chi connectivity index (χ4v) is 3.83. The number of aryl methyl sites for hydroxylation is 1. The molecule has 0 bridgehead atoms. The minimum atomic E-state index is -5.08. The molecular weight excluding hydrogens is 539 g/mol. The number of nitriles is 1. The number of aromatic nitrogens is 1. The molecule has 2 rings (SSSR count). The first-order valence-electron chi connectivity index (χ1n) is 10.1. The van der Waals surface area contributed by atoms with E-state index in [-0.39, 0.29) is 35.1 Å². The van der Waals surface area contributed by atoms with Crippen molar-refractivity contribution in [2.75, 3.05) is 11.3 Å². The molecule has 0 saturated carbocycles. The number of carboxylic acids is 1. The molecule has 1 amide bonds. The maximum atomic E-state index is 13.0. The van der Waals surface area contributed by atoms with Crippen LogP contribution in [0.15, 0.2) is 51.2 Å². The molecule has 0 spiro atoms. The van der Waals surface area contributed by atoms with E-state index in [2.05, 4.69) is 9.88 Å². The summed E-state index contributed by atoms with van der Waals surface area (Å²) in [5.74, 6) is -3.91. The molecule has 0 aliphatic carbocycles. The number of primary amides is 1. The van der Waals surface area contributed by atoms with Crippen molar-refractivity contribution in [1.82, 2.24) is 4.57 Å². The fraction of sp³-hybridized carbons (Fsp3) is 0.250. The smallest absolute Gasteiger partial charge is 0.475 e. The number of carboxylic acid groups (broad SMARTS) is 1. The average Bonchev–Trinajstić information content (AvgIpc) is 2.81. The van der Waals surface area contributed by atoms with Gasteiger partial charge in [-0.25, -0.2) is 13.2 Å². The maximum absolute atomic E-state index is 13.0. The number of nitrogens with zero attached hydrogens (tertiary/aromatic N) is 3. The molecular formula is C20H22F3N7O7S. The Kier molecular flexibility index (Phi) is 10.7. The molecule has 1 aromatic heterocycles. The van der Waals surface area contributed by atoms with E-state index in [1.165, 1.54) is 36.4 Å². The van der Waals surface area contributed by atoms with Gasteiger partial charge in [-0.1, -0.05) is 6.07 Å². The van der Waals surface area contributed by atoms with Gasteiger partial charge in [-0.3, -0.25) is 18.9 Å². The summed E-state index contributed by atoms with van der Waals surface area (Å²) in [6.07, 6.45) is -5.13. The first-order chi connectivity index (χ1) is 17.5. The first kappa shape index (κ1) is 31.2. The molecule has 0 saturated heterocycles. The lowest BCUT2D eigenvalue weighted by Crippen LogP contribution is -2.37. The number of nitrogens with two attached hydrogens (primary N) is 3. The lowest BCUT2D eigenvalue weighted by molar-refractivity contribution is -0.192. The van der Waals surface area contributed by atoms with E-state index < -0.39 is 39.7 Å². The van der Waals surface area contributed by atoms with Crippen LogP contribution in [0.2, 0.25) is 0 Å². The highest BCUT2D eigenvalue weighted by molar-refractivity contribution is 7.92. The fourth-order valence-electron chi connectivity index (χ4n) is 2.73. The van der Waals surface area contributed by atoms with Gasteiger partial charge in [0.15, 0.2) is 0 Å². The van der Waals surface area contributed by atoms with Crippen LogP contribution in [-0.2, 0) is 24.4 Å². The second kappa shape index (κ2) is 13.0. The standard InChI is InChI=1S/C18H21N7O5S.C2HF3O2/c1-11-5-6-14(24-31(28,29)13-4-2-3-12(9-13)10-19)17(27)25(11)15(16(20)26)7-8-30-23-18(21)22;3-2(4,5)1(6)7/h2-6,9,15,24H,7-8H2,1H3,(H2,20,26)(H4,21,22,23);(H,6,7). The SMILES string of the molecule is Cc1ccc(NS(=O)(=O)c2cccc(C#N)c2)c(=O)n1C(CCON=C(N)N)C(N)=O.O=C(O)C(F)(F)F. The third-order valence-corrected chi connectivity index (χ3v) is 5.74. The van der Waals surface area contributed by atoms with Gasteiger partial charge in [-0.15, -0.1) is 0 Å². The Morgan fingerprint density at radius 1 is 1.24 bits per heavy atom. The van der Waals surface area contributed by atoms with Gasteiger partial charge in [0.1, 0.15) is 18.3 Å². The van der Waals surface area contributed by atoms with Gasteiger partial charge < -0.3 is 27.1 Å². The number of hydrogen-bond acceptors (Lipinski definition) is 8. The van der Waals surface area contributed by atoms with Crippen molar-refractivity contribution >= 4 is 33.5 Å². The number of aliphatic carboxylic acids is 1. The molecule has 206 valence electrons. The highest BCUT2D eigenvalue weighted by Gasteiger charge is 2.38. The summed E-state index contributed by atoms with van der Waals surface area (Å²) in [6.45, 7) is 1.43. The lowest BCUT2D eigenvalue weighted by Gasteiger charge is -2.20. The van der Waals surface area contributed by atoms with Gasteiger partial charge in [0.2, 0.25) is 11.9 Å². The normalized spacial score (nSPS) is 11.7. The van der Waals surface area contributed by atoms with Crippen molar-refractivity contribution in [2.45, 2.75) is 30.5 Å². The van der Waals surface area contributed by atoms with E-state index >= 15 is 0 Å². The molecule has 38 heavy (non-hydrogen) atoms. The van der Waals surface area contributed by atoms with Crippen LogP contribution in [0.1, 0.15) is 23.7 Å². The van der Waals surface area contributed by atoms with E-state index in [1.54, 1.807) is 6.92 Å². The maximum Gasteiger partial charge on any atom is 0.490 e. The molecule has 1 aromatic carbocycles. The molecule has 0 aliphatic rings. The number of amides is 1. The number of oxime groups is 1. The van der Waals surface area contributed by atoms with Crippen LogP contribution >= 0.6 is 0 Å². The summed E-state index contributed by atoms with van der Waals surface area (Å²) in [4.78, 5) is 38.5. The van der Waals surface area contributed by atoms with E-state index in [0.717, 1.165) is 4.57 Å². The molecule has 8 N–H and O–H groups in total. The predicted octanol–water partition coefficient (Wildman–Crippen LogP) is 0.0840. The van der Waals surface area contributed by atoms with Crippen LogP contribution in [0.25, 0.3) is 0 Å². The number of alkyl halides is 3. The number of pyridine rings is 1. The molecule has 18 heteroatoms. The van der Waals surface area contributed by atoms with Crippen molar-refractivity contribution in [1.29, 1.82) is 5.26 Å². The summed E-state index contributed by atoms with van der Waals surface area (Å²) in [7, 11) is -4.18. The molecule has 1 unspecified atom stereocenters. The van der Waals surface area contributed by atoms with Gasteiger partial charge >= 0.3 is 12.1 Å². The summed E-state index contributed by atoms with van der Waals surface area (Å²) in [5, 5.41) is 19.4. The number of carbonyl (C=O) groups is 2. The summed E-state index contributed by atoms with van der Waals surface area (Å²) in [6, 6.07) is 8.72. The first-order valence-corrected chi connectivity index (χ1v) is 11.5. The van der Waals surface area contributed by atoms with Crippen molar-refractivity contribution in [3.63, 3.8) is 0 Å². The Hall–Kier alpha value is -4.79. The summed E-state index contributed by atoms with van der Waals surface area (Å²) >= 11 is 0. The van der Waals surface area contributed by atoms with Crippen LogP contribution < -0.4 is 27.5 Å². The highest BCUT2D eigenvalue weighted by atomic mass is 32.2. The molecule has 14 nitrogen and oxygen atoms in total. The number of halogens is 3. The molecule has 2 aromatic rings. The lowest BCUT2D eigenvalue weighted by atomic mass is 10.1. The monoisotopic (exact) mass is 561 g/mol. The number of rotatable bonds is 9. The van der Waals surface area contributed by atoms with Crippen LogP contribution in [-0.4, -0.2) is 48.7 Å². The van der Waals surface area contributed by atoms with Gasteiger partial charge in [0.25, 0.3) is 15.6 Å². The number of benzene rings is 1. The Morgan fingerprint density at radius 3 is 2.34 bits per heavy atom. The summed E-state index contributed by atoms with van der Waals surface area (Å²) < 4.78 is 60.3. The molecule has 0 aliphatic heterocycles. The van der Waals surface area contributed by atoms with Gasteiger partial charge in [0, 0.05) is 12.1 Å². The van der Waals surface area contributed by atoms with E-state index in [4.69, 9.17) is 37.2 Å². The minimum absolute atomic E-state index is 0.0483. The van der Waals surface area contributed by atoms with Gasteiger partial charge in [-0.2, -0.15) is 18.4 Å². The van der Waals surface area contributed by atoms with Crippen molar-refractivity contribution in [3.05, 3.63) is 58.0 Å². The van der Waals surface area contributed by atoms with E-state index in [0.29, 0.717) is 5.69 Å². The van der Waals surface area contributed by atoms with Crippen LogP contribution in [0, 0.1) is 18.3 Å². The van der Waals surface area contributed by atoms with Crippen molar-refractivity contribution in [2.24, 2.45) is 22.4 Å². The Morgan fingerprint density at radius 2 is 1.84 bits per heavy atom. The average molecular weight is 561 g/mol. The molecule has 0 radical (unpaired) electrons. The second-order valence-corrected chi connectivity index (χ2v) is 8.85. The third-order valence-electron chi connectivity index (χ3n) is 4.37. The largest absolute Gasteiger partial charge is 0.490 e. The van der Waals surface area contributed by atoms with Crippen molar-refractivity contribution in [3.8, 4) is 6.07 Å². The van der Waals surface area contributed by atoms with Crippen LogP contribution in [0.4, 0.5) is 18.9 Å². The molecule has 0 fully saturated rings. The molecule has 1 heterocycles. The van der Waals surface area contributed by atoms with E-state index in [1.807, 2.05) is 6.07 Å². The summed E-state index contributed by atoms with van der Waals surface area (Å²) in [5.41, 5.74) is 15.1. The third kappa shape index (κ3) is 9.02. The Bertz CT molecular complexity index is 1410. The van der Waals surface area contributed by atoms with Crippen LogP contribution in [0.3, 0.4) is 0 Å². The minimum Gasteiger partial charge on any atom is -0.475 e. The number of nitrogens with one attached hydrogen (secondary N) is 1. The van der Waals surface area contributed by atoms with Gasteiger partial charge in [-0.05, 0) is 42.4 Å². The number of sulfonamides is 1. The topological polar surface area (TPSA) is 246 Å². The number of anilines is 1. The highest BCUT2D eigenvalue weighted by Crippen LogP contribution is 2.18. The predicted molar refractivity (Wildman–Crippen MR) is 126 cm³/mol. The molecule has 1 atom stereocenters.